The fourth-order valence-corrected chi connectivity index (χ4v) is 2.91. The molecule has 0 aliphatic carbocycles. The van der Waals surface area contributed by atoms with E-state index in [1.165, 1.54) is 5.69 Å². The summed E-state index contributed by atoms with van der Waals surface area (Å²) in [7, 11) is 3.91. The summed E-state index contributed by atoms with van der Waals surface area (Å²) in [6, 6.07) is 14.3. The number of amides is 2. The molecule has 6 nitrogen and oxygen atoms in total. The Labute approximate surface area is 149 Å². The van der Waals surface area contributed by atoms with E-state index in [0.717, 1.165) is 37.6 Å². The van der Waals surface area contributed by atoms with Crippen LogP contribution in [0.4, 0.5) is 16.3 Å². The van der Waals surface area contributed by atoms with E-state index in [2.05, 4.69) is 27.3 Å². The minimum atomic E-state index is -0.00377. The average molecular weight is 339 g/mol. The van der Waals surface area contributed by atoms with Gasteiger partial charge in [0.25, 0.3) is 0 Å². The van der Waals surface area contributed by atoms with Crippen LogP contribution in [0.5, 0.6) is 0 Å². The number of nitrogens with zero attached hydrogens (tertiary/aromatic N) is 4. The van der Waals surface area contributed by atoms with Crippen LogP contribution in [-0.4, -0.2) is 56.2 Å². The molecule has 0 radical (unpaired) electrons. The molecule has 2 heterocycles. The van der Waals surface area contributed by atoms with E-state index in [9.17, 15) is 4.79 Å². The predicted molar refractivity (Wildman–Crippen MR) is 101 cm³/mol. The zero-order chi connectivity index (χ0) is 17.6. The van der Waals surface area contributed by atoms with Gasteiger partial charge in [-0.3, -0.25) is 0 Å². The number of piperazine rings is 1. The lowest BCUT2D eigenvalue weighted by molar-refractivity contribution is 0.194. The Bertz CT molecular complexity index is 696. The van der Waals surface area contributed by atoms with E-state index in [4.69, 9.17) is 0 Å². The molecular weight excluding hydrogens is 314 g/mol. The number of carbonyl (C=O) groups excluding carboxylic acids is 1. The molecule has 0 saturated carbocycles. The third-order valence-electron chi connectivity index (χ3n) is 4.40. The third kappa shape index (κ3) is 4.41. The predicted octanol–water partition coefficient (Wildman–Crippen LogP) is 2.18. The van der Waals surface area contributed by atoms with Crippen molar-refractivity contribution in [3.63, 3.8) is 0 Å². The smallest absolute Gasteiger partial charge is 0.317 e. The Morgan fingerprint density at radius 2 is 1.84 bits per heavy atom. The van der Waals surface area contributed by atoms with Gasteiger partial charge in [-0.05, 0) is 29.8 Å². The number of anilines is 2. The van der Waals surface area contributed by atoms with Crippen molar-refractivity contribution in [3.05, 3.63) is 54.2 Å². The number of aromatic nitrogens is 1. The van der Waals surface area contributed by atoms with Gasteiger partial charge >= 0.3 is 6.03 Å². The van der Waals surface area contributed by atoms with Crippen LogP contribution in [0.25, 0.3) is 0 Å². The second-order valence-corrected chi connectivity index (χ2v) is 6.39. The lowest BCUT2D eigenvalue weighted by Gasteiger charge is -2.36. The number of rotatable bonds is 4. The number of para-hydroxylation sites is 1. The van der Waals surface area contributed by atoms with E-state index in [0.29, 0.717) is 6.54 Å². The summed E-state index contributed by atoms with van der Waals surface area (Å²) in [5.74, 6) is 0.892. The largest absolute Gasteiger partial charge is 0.368 e. The van der Waals surface area contributed by atoms with E-state index in [1.54, 1.807) is 6.20 Å². The highest BCUT2D eigenvalue weighted by atomic mass is 16.2. The Morgan fingerprint density at radius 1 is 1.12 bits per heavy atom. The first-order chi connectivity index (χ1) is 12.1. The monoisotopic (exact) mass is 339 g/mol. The maximum absolute atomic E-state index is 12.4. The molecule has 2 aromatic rings. The summed E-state index contributed by atoms with van der Waals surface area (Å²) in [4.78, 5) is 22.8. The van der Waals surface area contributed by atoms with Gasteiger partial charge in [0.2, 0.25) is 0 Å². The van der Waals surface area contributed by atoms with Crippen LogP contribution in [0, 0.1) is 0 Å². The molecule has 0 bridgehead atoms. The summed E-state index contributed by atoms with van der Waals surface area (Å²) < 4.78 is 0. The van der Waals surface area contributed by atoms with Gasteiger partial charge in [0.05, 0.1) is 0 Å². The number of nitrogens with one attached hydrogen (secondary N) is 1. The summed E-state index contributed by atoms with van der Waals surface area (Å²) >= 11 is 0. The van der Waals surface area contributed by atoms with Crippen molar-refractivity contribution in [1.82, 2.24) is 15.2 Å². The first-order valence-corrected chi connectivity index (χ1v) is 8.58. The third-order valence-corrected chi connectivity index (χ3v) is 4.40. The molecule has 3 rings (SSSR count). The van der Waals surface area contributed by atoms with Gasteiger partial charge in [-0.1, -0.05) is 18.2 Å². The van der Waals surface area contributed by atoms with Gasteiger partial charge in [-0.25, -0.2) is 9.78 Å². The highest BCUT2D eigenvalue weighted by molar-refractivity contribution is 5.74. The summed E-state index contributed by atoms with van der Waals surface area (Å²) in [6.07, 6.45) is 1.77. The quantitative estimate of drug-likeness (QED) is 0.928. The fourth-order valence-electron chi connectivity index (χ4n) is 2.91. The second-order valence-electron chi connectivity index (χ2n) is 6.39. The van der Waals surface area contributed by atoms with Crippen molar-refractivity contribution in [2.75, 3.05) is 50.1 Å². The normalized spacial score (nSPS) is 14.3. The lowest BCUT2D eigenvalue weighted by Crippen LogP contribution is -2.51. The van der Waals surface area contributed by atoms with Gasteiger partial charge in [0.1, 0.15) is 5.82 Å². The van der Waals surface area contributed by atoms with E-state index < -0.39 is 0 Å². The van der Waals surface area contributed by atoms with Gasteiger partial charge in [-0.15, -0.1) is 0 Å². The molecule has 25 heavy (non-hydrogen) atoms. The Kier molecular flexibility index (Phi) is 5.38. The Balaban J connectivity index is 1.49. The van der Waals surface area contributed by atoms with Crippen molar-refractivity contribution < 1.29 is 4.79 Å². The van der Waals surface area contributed by atoms with E-state index in [-0.39, 0.29) is 6.03 Å². The number of hydrogen-bond acceptors (Lipinski definition) is 4. The number of urea groups is 1. The molecule has 0 atom stereocenters. The molecule has 6 heteroatoms. The molecule has 2 amide bonds. The van der Waals surface area contributed by atoms with E-state index >= 15 is 0 Å². The van der Waals surface area contributed by atoms with Crippen molar-refractivity contribution in [2.45, 2.75) is 6.54 Å². The van der Waals surface area contributed by atoms with Gasteiger partial charge in [0.15, 0.2) is 0 Å². The number of benzene rings is 1. The van der Waals surface area contributed by atoms with Crippen LogP contribution in [-0.2, 0) is 6.54 Å². The molecular formula is C19H25N5O. The molecule has 1 aliphatic rings. The first-order valence-electron chi connectivity index (χ1n) is 8.58. The first kappa shape index (κ1) is 17.1. The highest BCUT2D eigenvalue weighted by Crippen LogP contribution is 2.15. The Hall–Kier alpha value is -2.76. The molecule has 1 saturated heterocycles. The fraction of sp³-hybridized carbons (Fsp3) is 0.368. The van der Waals surface area contributed by atoms with Crippen LogP contribution in [0.3, 0.4) is 0 Å². The maximum Gasteiger partial charge on any atom is 0.317 e. The molecule has 132 valence electrons. The Morgan fingerprint density at radius 3 is 2.52 bits per heavy atom. The molecule has 1 N–H and O–H groups in total. The summed E-state index contributed by atoms with van der Waals surface area (Å²) in [5.41, 5.74) is 2.27. The molecule has 0 spiro atoms. The van der Waals surface area contributed by atoms with Crippen molar-refractivity contribution in [3.8, 4) is 0 Å². The molecule has 1 aromatic heterocycles. The number of pyridine rings is 1. The van der Waals surface area contributed by atoms with Gasteiger partial charge < -0.3 is 20.0 Å². The van der Waals surface area contributed by atoms with E-state index in [1.807, 2.05) is 54.2 Å². The van der Waals surface area contributed by atoms with Gasteiger partial charge in [0, 0.05) is 58.7 Å². The standard InChI is InChI=1S/C19H25N5O/c1-22(2)18-14-16(8-9-20-18)15-21-19(25)24-12-10-23(11-13-24)17-6-4-3-5-7-17/h3-9,14H,10-13,15H2,1-2H3,(H,21,25). The SMILES string of the molecule is CN(C)c1cc(CNC(=O)N2CCN(c3ccccc3)CC2)ccn1. The minimum absolute atomic E-state index is 0.00377. The number of hydrogen-bond donors (Lipinski definition) is 1. The highest BCUT2D eigenvalue weighted by Gasteiger charge is 2.20. The molecule has 1 aliphatic heterocycles. The summed E-state index contributed by atoms with van der Waals surface area (Å²) in [5, 5.41) is 3.01. The molecule has 1 fully saturated rings. The minimum Gasteiger partial charge on any atom is -0.368 e. The summed E-state index contributed by atoms with van der Waals surface area (Å²) in [6.45, 7) is 3.70. The van der Waals surface area contributed by atoms with Crippen molar-refractivity contribution >= 4 is 17.5 Å². The topological polar surface area (TPSA) is 51.7 Å². The number of carbonyl (C=O) groups is 1. The van der Waals surface area contributed by atoms with Gasteiger partial charge in [-0.2, -0.15) is 0 Å². The second kappa shape index (κ2) is 7.88. The van der Waals surface area contributed by atoms with Crippen LogP contribution >= 0.6 is 0 Å². The zero-order valence-corrected chi connectivity index (χ0v) is 14.9. The van der Waals surface area contributed by atoms with Crippen LogP contribution in [0.1, 0.15) is 5.56 Å². The lowest BCUT2D eigenvalue weighted by atomic mass is 10.2. The molecule has 1 aromatic carbocycles. The zero-order valence-electron chi connectivity index (χ0n) is 14.9. The maximum atomic E-state index is 12.4. The van der Waals surface area contributed by atoms with Crippen molar-refractivity contribution in [2.24, 2.45) is 0 Å². The van der Waals surface area contributed by atoms with Crippen LogP contribution < -0.4 is 15.1 Å². The van der Waals surface area contributed by atoms with Crippen LogP contribution in [0.2, 0.25) is 0 Å². The molecule has 0 unspecified atom stereocenters. The van der Waals surface area contributed by atoms with Crippen LogP contribution in [0.15, 0.2) is 48.7 Å². The average Bonchev–Trinajstić information content (AvgIpc) is 2.67. The van der Waals surface area contributed by atoms with Crippen molar-refractivity contribution in [1.29, 1.82) is 0 Å².